The summed E-state index contributed by atoms with van der Waals surface area (Å²) in [5.41, 5.74) is 4.50. The van der Waals surface area contributed by atoms with Gasteiger partial charge in [0.1, 0.15) is 5.75 Å². The molecular formula is C20H17ClN2O. The second-order valence-corrected chi connectivity index (χ2v) is 6.15. The van der Waals surface area contributed by atoms with Crippen LogP contribution in [0.25, 0.3) is 32.9 Å². The average molecular weight is 337 g/mol. The zero-order chi connectivity index (χ0) is 16.7. The monoisotopic (exact) mass is 336 g/mol. The van der Waals surface area contributed by atoms with Crippen LogP contribution in [0, 0.1) is 0 Å². The first-order valence-electron chi connectivity index (χ1n) is 7.93. The second kappa shape index (κ2) is 5.84. The topological polar surface area (TPSA) is 27.1 Å². The number of hydrogen-bond acceptors (Lipinski definition) is 2. The van der Waals surface area contributed by atoms with Gasteiger partial charge in [-0.1, -0.05) is 23.7 Å². The van der Waals surface area contributed by atoms with Crippen molar-refractivity contribution in [3.63, 3.8) is 0 Å². The number of aromatic nitrogens is 2. The Bertz CT molecular complexity index is 1050. The molecule has 3 nitrogen and oxygen atoms in total. The molecule has 2 heterocycles. The normalized spacial score (nSPS) is 11.3. The highest BCUT2D eigenvalue weighted by molar-refractivity contribution is 6.32. The first-order valence-corrected chi connectivity index (χ1v) is 8.30. The van der Waals surface area contributed by atoms with Crippen LogP contribution in [0.2, 0.25) is 5.02 Å². The second-order valence-electron chi connectivity index (χ2n) is 5.72. The van der Waals surface area contributed by atoms with E-state index in [1.807, 2.05) is 42.7 Å². The summed E-state index contributed by atoms with van der Waals surface area (Å²) in [5, 5.41) is 3.06. The highest BCUT2D eigenvalue weighted by atomic mass is 35.5. The van der Waals surface area contributed by atoms with Gasteiger partial charge in [-0.25, -0.2) is 0 Å². The molecule has 0 saturated carbocycles. The van der Waals surface area contributed by atoms with Gasteiger partial charge in [0, 0.05) is 34.1 Å². The van der Waals surface area contributed by atoms with Crippen molar-refractivity contribution in [2.24, 2.45) is 0 Å². The summed E-state index contributed by atoms with van der Waals surface area (Å²) in [4.78, 5) is 4.30. The quantitative estimate of drug-likeness (QED) is 0.491. The predicted molar refractivity (Wildman–Crippen MR) is 99.9 cm³/mol. The standard InChI is InChI=1S/C20H17ClN2O/c1-3-23-19-12-22-8-7-16(19)18-11-14(21)10-17(20(18)23)13-5-4-6-15(9-13)24-2/h4-12H,3H2,1-2H3. The molecule has 0 spiro atoms. The zero-order valence-electron chi connectivity index (χ0n) is 13.6. The minimum absolute atomic E-state index is 0.729. The largest absolute Gasteiger partial charge is 0.497 e. The highest BCUT2D eigenvalue weighted by Crippen LogP contribution is 2.38. The molecule has 0 unspecified atom stereocenters. The molecule has 0 radical (unpaired) electrons. The van der Waals surface area contributed by atoms with Crippen LogP contribution in [0.1, 0.15) is 6.92 Å². The molecule has 0 amide bonds. The molecule has 4 aromatic rings. The SMILES string of the molecule is CCn1c2cnccc2c2cc(Cl)cc(-c3cccc(OC)c3)c21. The Morgan fingerprint density at radius 3 is 2.79 bits per heavy atom. The molecule has 0 aliphatic carbocycles. The van der Waals surface area contributed by atoms with E-state index in [0.29, 0.717) is 0 Å². The van der Waals surface area contributed by atoms with E-state index < -0.39 is 0 Å². The van der Waals surface area contributed by atoms with Crippen LogP contribution in [-0.4, -0.2) is 16.7 Å². The Balaban J connectivity index is 2.15. The molecule has 0 N–H and O–H groups in total. The number of aryl methyl sites for hydroxylation is 1. The van der Waals surface area contributed by atoms with Crippen molar-refractivity contribution in [2.45, 2.75) is 13.5 Å². The van der Waals surface area contributed by atoms with Crippen LogP contribution in [0.3, 0.4) is 0 Å². The summed E-state index contributed by atoms with van der Waals surface area (Å²) in [6.07, 6.45) is 3.75. The molecule has 0 bridgehead atoms. The van der Waals surface area contributed by atoms with Crippen LogP contribution in [0.15, 0.2) is 54.9 Å². The lowest BCUT2D eigenvalue weighted by Gasteiger charge is -2.11. The first kappa shape index (κ1) is 15.0. The summed E-state index contributed by atoms with van der Waals surface area (Å²) >= 11 is 6.44. The van der Waals surface area contributed by atoms with Gasteiger partial charge in [-0.05, 0) is 42.8 Å². The third-order valence-corrected chi connectivity index (χ3v) is 4.64. The van der Waals surface area contributed by atoms with E-state index in [1.165, 1.54) is 10.9 Å². The fourth-order valence-electron chi connectivity index (χ4n) is 3.38. The molecule has 120 valence electrons. The van der Waals surface area contributed by atoms with Gasteiger partial charge in [0.25, 0.3) is 0 Å². The van der Waals surface area contributed by atoms with Crippen LogP contribution in [0.4, 0.5) is 0 Å². The molecule has 0 aliphatic heterocycles. The fraction of sp³-hybridized carbons (Fsp3) is 0.150. The van der Waals surface area contributed by atoms with E-state index in [0.717, 1.165) is 39.3 Å². The third kappa shape index (κ3) is 2.24. The van der Waals surface area contributed by atoms with Crippen LogP contribution < -0.4 is 4.74 Å². The van der Waals surface area contributed by atoms with Gasteiger partial charge in [-0.2, -0.15) is 0 Å². The maximum Gasteiger partial charge on any atom is 0.119 e. The molecule has 0 aliphatic rings. The van der Waals surface area contributed by atoms with Crippen LogP contribution in [0.5, 0.6) is 5.75 Å². The van der Waals surface area contributed by atoms with Crippen LogP contribution in [-0.2, 0) is 6.54 Å². The number of benzene rings is 2. The van der Waals surface area contributed by atoms with Crippen molar-refractivity contribution in [1.29, 1.82) is 0 Å². The third-order valence-electron chi connectivity index (χ3n) is 4.42. The van der Waals surface area contributed by atoms with Gasteiger partial charge < -0.3 is 9.30 Å². The Morgan fingerprint density at radius 2 is 2.00 bits per heavy atom. The number of halogens is 1. The number of methoxy groups -OCH3 is 1. The van der Waals surface area contributed by atoms with E-state index in [9.17, 15) is 0 Å². The molecule has 0 saturated heterocycles. The van der Waals surface area contributed by atoms with Gasteiger partial charge >= 0.3 is 0 Å². The van der Waals surface area contributed by atoms with Gasteiger partial charge in [0.05, 0.1) is 24.3 Å². The van der Waals surface area contributed by atoms with E-state index in [-0.39, 0.29) is 0 Å². The minimum Gasteiger partial charge on any atom is -0.497 e. The summed E-state index contributed by atoms with van der Waals surface area (Å²) in [5.74, 6) is 0.835. The molecule has 4 heteroatoms. The number of ether oxygens (including phenoxy) is 1. The molecule has 0 atom stereocenters. The van der Waals surface area contributed by atoms with E-state index in [2.05, 4.69) is 28.6 Å². The fourth-order valence-corrected chi connectivity index (χ4v) is 3.60. The van der Waals surface area contributed by atoms with E-state index >= 15 is 0 Å². The molecular weight excluding hydrogens is 320 g/mol. The van der Waals surface area contributed by atoms with Crippen LogP contribution >= 0.6 is 11.6 Å². The average Bonchev–Trinajstić information content (AvgIpc) is 2.94. The Morgan fingerprint density at radius 1 is 1.12 bits per heavy atom. The molecule has 0 fully saturated rings. The van der Waals surface area contributed by atoms with Crippen molar-refractivity contribution in [3.05, 3.63) is 59.9 Å². The summed E-state index contributed by atoms with van der Waals surface area (Å²) in [7, 11) is 1.68. The molecule has 4 rings (SSSR count). The highest BCUT2D eigenvalue weighted by Gasteiger charge is 2.15. The molecule has 2 aromatic carbocycles. The van der Waals surface area contributed by atoms with Gasteiger partial charge in [0.15, 0.2) is 0 Å². The number of rotatable bonds is 3. The minimum atomic E-state index is 0.729. The number of nitrogens with zero attached hydrogens (tertiary/aromatic N) is 2. The summed E-state index contributed by atoms with van der Waals surface area (Å²) in [6.45, 7) is 3.01. The summed E-state index contributed by atoms with van der Waals surface area (Å²) in [6, 6.07) is 14.2. The summed E-state index contributed by atoms with van der Waals surface area (Å²) < 4.78 is 7.68. The van der Waals surface area contributed by atoms with Gasteiger partial charge in [0.2, 0.25) is 0 Å². The van der Waals surface area contributed by atoms with Crippen molar-refractivity contribution in [3.8, 4) is 16.9 Å². The lowest BCUT2D eigenvalue weighted by molar-refractivity contribution is 0.415. The van der Waals surface area contributed by atoms with Crippen molar-refractivity contribution < 1.29 is 4.74 Å². The van der Waals surface area contributed by atoms with E-state index in [1.54, 1.807) is 7.11 Å². The van der Waals surface area contributed by atoms with E-state index in [4.69, 9.17) is 16.3 Å². The molecule has 2 aromatic heterocycles. The molecule has 24 heavy (non-hydrogen) atoms. The number of fused-ring (bicyclic) bond motifs is 3. The maximum absolute atomic E-state index is 6.44. The van der Waals surface area contributed by atoms with Crippen molar-refractivity contribution in [2.75, 3.05) is 7.11 Å². The number of pyridine rings is 1. The Labute approximate surface area is 145 Å². The first-order chi connectivity index (χ1) is 11.7. The smallest absolute Gasteiger partial charge is 0.119 e. The predicted octanol–water partition coefficient (Wildman–Crippen LogP) is 5.54. The van der Waals surface area contributed by atoms with Crippen molar-refractivity contribution in [1.82, 2.24) is 9.55 Å². The lowest BCUT2D eigenvalue weighted by atomic mass is 10.0. The maximum atomic E-state index is 6.44. The van der Waals surface area contributed by atoms with Gasteiger partial charge in [-0.15, -0.1) is 0 Å². The number of hydrogen-bond donors (Lipinski definition) is 0. The van der Waals surface area contributed by atoms with Gasteiger partial charge in [-0.3, -0.25) is 4.98 Å². The zero-order valence-corrected chi connectivity index (χ0v) is 14.3. The Kier molecular flexibility index (Phi) is 3.66. The lowest BCUT2D eigenvalue weighted by Crippen LogP contribution is -1.95. The Hall–Kier alpha value is -2.52. The van der Waals surface area contributed by atoms with Crippen molar-refractivity contribution >= 4 is 33.4 Å².